The Balaban J connectivity index is 1.09. The summed E-state index contributed by atoms with van der Waals surface area (Å²) in [4.78, 5) is 65.2. The minimum absolute atomic E-state index is 0.0881. The second-order valence-electron chi connectivity index (χ2n) is 12.0. The molecule has 3 aliphatic rings. The van der Waals surface area contributed by atoms with E-state index in [0.717, 1.165) is 56.6 Å². The van der Waals surface area contributed by atoms with Crippen molar-refractivity contribution in [3.05, 3.63) is 29.3 Å². The van der Waals surface area contributed by atoms with Crippen LogP contribution in [0.5, 0.6) is 0 Å². The molecule has 1 aromatic carbocycles. The maximum atomic E-state index is 13.2. The maximum absolute atomic E-state index is 13.2. The van der Waals surface area contributed by atoms with Gasteiger partial charge in [-0.3, -0.25) is 29.4 Å². The zero-order chi connectivity index (χ0) is 30.3. The average molecular weight is 586 g/mol. The van der Waals surface area contributed by atoms with E-state index >= 15 is 0 Å². The number of unbranched alkanes of at least 4 members (excludes halogenated alkanes) is 1. The molecule has 1 aromatic rings. The Morgan fingerprint density at radius 1 is 1.00 bits per heavy atom. The summed E-state index contributed by atoms with van der Waals surface area (Å²) < 4.78 is 11.1. The fourth-order valence-corrected chi connectivity index (χ4v) is 5.48. The number of ether oxygens (including phenoxy) is 2. The molecular formula is C30H43N5O7. The first-order valence-corrected chi connectivity index (χ1v) is 14.9. The van der Waals surface area contributed by atoms with E-state index in [-0.39, 0.29) is 36.1 Å². The summed E-state index contributed by atoms with van der Waals surface area (Å²) in [5, 5.41) is 8.44. The van der Waals surface area contributed by atoms with Crippen molar-refractivity contribution in [1.29, 1.82) is 0 Å². The Kier molecular flexibility index (Phi) is 10.6. The fraction of sp³-hybridized carbons (Fsp3) is 0.633. The number of anilines is 1. The van der Waals surface area contributed by atoms with Crippen LogP contribution in [0.3, 0.4) is 0 Å². The molecule has 0 aromatic heterocycles. The van der Waals surface area contributed by atoms with E-state index in [1.807, 2.05) is 20.8 Å². The van der Waals surface area contributed by atoms with Crippen LogP contribution in [-0.2, 0) is 19.1 Å². The smallest absolute Gasteiger partial charge is 0.407 e. The largest absolute Gasteiger partial charge is 0.444 e. The van der Waals surface area contributed by atoms with E-state index < -0.39 is 35.3 Å². The molecule has 12 heteroatoms. The Morgan fingerprint density at radius 3 is 2.45 bits per heavy atom. The number of amides is 5. The molecule has 230 valence electrons. The summed E-state index contributed by atoms with van der Waals surface area (Å²) in [6, 6.07) is 4.23. The van der Waals surface area contributed by atoms with Gasteiger partial charge in [-0.15, -0.1) is 0 Å². The van der Waals surface area contributed by atoms with Crippen LogP contribution in [0.1, 0.15) is 86.4 Å². The number of alkyl carbamates (subject to hydrolysis) is 1. The fourth-order valence-electron chi connectivity index (χ4n) is 5.48. The number of nitrogens with zero attached hydrogens (tertiary/aromatic N) is 2. The van der Waals surface area contributed by atoms with E-state index in [2.05, 4.69) is 20.9 Å². The van der Waals surface area contributed by atoms with Crippen LogP contribution in [0.25, 0.3) is 0 Å². The minimum Gasteiger partial charge on any atom is -0.444 e. The number of hydrogen-bond donors (Lipinski definition) is 3. The first-order valence-electron chi connectivity index (χ1n) is 14.9. The van der Waals surface area contributed by atoms with E-state index in [9.17, 15) is 24.0 Å². The van der Waals surface area contributed by atoms with Crippen LogP contribution in [0.15, 0.2) is 18.2 Å². The molecule has 5 amide bonds. The Hall–Kier alpha value is -3.51. The van der Waals surface area contributed by atoms with E-state index in [0.29, 0.717) is 25.4 Å². The number of nitrogens with one attached hydrogen (secondary N) is 3. The average Bonchev–Trinajstić information content (AvgIpc) is 3.17. The molecular weight excluding hydrogens is 542 g/mol. The van der Waals surface area contributed by atoms with Crippen molar-refractivity contribution < 1.29 is 33.4 Å². The molecule has 1 unspecified atom stereocenters. The number of hydrogen-bond acceptors (Lipinski definition) is 9. The van der Waals surface area contributed by atoms with Gasteiger partial charge in [0.25, 0.3) is 11.8 Å². The highest BCUT2D eigenvalue weighted by molar-refractivity contribution is 6.25. The van der Waals surface area contributed by atoms with Gasteiger partial charge in [0.15, 0.2) is 0 Å². The normalized spacial score (nSPS) is 20.0. The Labute approximate surface area is 246 Å². The van der Waals surface area contributed by atoms with Gasteiger partial charge in [-0.05, 0) is 71.4 Å². The highest BCUT2D eigenvalue weighted by atomic mass is 16.6. The molecule has 42 heavy (non-hydrogen) atoms. The van der Waals surface area contributed by atoms with Crippen molar-refractivity contribution >= 4 is 35.4 Å². The van der Waals surface area contributed by atoms with Gasteiger partial charge in [0.1, 0.15) is 11.6 Å². The van der Waals surface area contributed by atoms with Crippen LogP contribution >= 0.6 is 0 Å². The zero-order valence-electron chi connectivity index (χ0n) is 24.8. The van der Waals surface area contributed by atoms with Gasteiger partial charge in [0.2, 0.25) is 11.8 Å². The monoisotopic (exact) mass is 585 g/mol. The highest BCUT2D eigenvalue weighted by Gasteiger charge is 2.45. The lowest BCUT2D eigenvalue weighted by molar-refractivity contribution is -0.136. The number of likely N-dealkylation sites (tertiary alicyclic amines) is 1. The van der Waals surface area contributed by atoms with Crippen molar-refractivity contribution in [3.63, 3.8) is 0 Å². The molecule has 0 radical (unpaired) electrons. The molecule has 0 aliphatic carbocycles. The van der Waals surface area contributed by atoms with Crippen molar-refractivity contribution in [2.45, 2.75) is 83.4 Å². The number of fused-ring (bicyclic) bond motifs is 1. The van der Waals surface area contributed by atoms with Crippen LogP contribution in [0, 0.1) is 0 Å². The molecule has 4 rings (SSSR count). The first-order chi connectivity index (χ1) is 20.0. The van der Waals surface area contributed by atoms with E-state index in [1.165, 1.54) is 0 Å². The molecule has 12 nitrogen and oxygen atoms in total. The number of rotatable bonds is 12. The molecule has 2 fully saturated rings. The summed E-state index contributed by atoms with van der Waals surface area (Å²) in [5.74, 6) is -2.04. The van der Waals surface area contributed by atoms with Crippen LogP contribution in [0.2, 0.25) is 0 Å². The van der Waals surface area contributed by atoms with Gasteiger partial charge in [-0.25, -0.2) is 4.79 Å². The lowest BCUT2D eigenvalue weighted by atomic mass is 10.0. The van der Waals surface area contributed by atoms with Gasteiger partial charge < -0.3 is 25.0 Å². The van der Waals surface area contributed by atoms with Gasteiger partial charge >= 0.3 is 6.09 Å². The lowest BCUT2D eigenvalue weighted by Crippen LogP contribution is -2.54. The zero-order valence-corrected chi connectivity index (χ0v) is 24.8. The summed E-state index contributed by atoms with van der Waals surface area (Å²) >= 11 is 0. The molecule has 3 heterocycles. The third-order valence-corrected chi connectivity index (χ3v) is 7.57. The van der Waals surface area contributed by atoms with Crippen LogP contribution in [-0.4, -0.2) is 96.6 Å². The molecule has 2 saturated heterocycles. The van der Waals surface area contributed by atoms with Crippen molar-refractivity contribution in [2.75, 3.05) is 44.7 Å². The van der Waals surface area contributed by atoms with E-state index in [1.54, 1.807) is 18.2 Å². The second-order valence-corrected chi connectivity index (χ2v) is 12.0. The summed E-state index contributed by atoms with van der Waals surface area (Å²) in [5.41, 5.74) is 0.607. The highest BCUT2D eigenvalue weighted by Crippen LogP contribution is 2.32. The maximum Gasteiger partial charge on any atom is 0.407 e. The Morgan fingerprint density at radius 2 is 1.74 bits per heavy atom. The van der Waals surface area contributed by atoms with Crippen LogP contribution in [0.4, 0.5) is 10.5 Å². The van der Waals surface area contributed by atoms with E-state index in [4.69, 9.17) is 9.47 Å². The number of benzene rings is 1. The van der Waals surface area contributed by atoms with Gasteiger partial charge in [0.05, 0.1) is 11.1 Å². The Bertz CT molecular complexity index is 1170. The number of piperidine rings is 2. The third-order valence-electron chi connectivity index (χ3n) is 7.57. The second kappa shape index (κ2) is 14.1. The van der Waals surface area contributed by atoms with Gasteiger partial charge in [-0.2, -0.15) is 0 Å². The van der Waals surface area contributed by atoms with Crippen molar-refractivity contribution in [2.24, 2.45) is 0 Å². The summed E-state index contributed by atoms with van der Waals surface area (Å²) in [7, 11) is 0. The molecule has 0 bridgehead atoms. The quantitative estimate of drug-likeness (QED) is 0.249. The molecule has 0 saturated carbocycles. The van der Waals surface area contributed by atoms with Gasteiger partial charge in [0, 0.05) is 57.5 Å². The first kappa shape index (κ1) is 31.4. The predicted molar refractivity (Wildman–Crippen MR) is 155 cm³/mol. The minimum atomic E-state index is -0.979. The SMILES string of the molecule is CC(C)(C)OC(=O)NC1CCN(CCCOCCCCNc2cccc3c2C(=O)N(C2CCC(=O)NC2=O)C3=O)CC1. The lowest BCUT2D eigenvalue weighted by Gasteiger charge is -2.32. The summed E-state index contributed by atoms with van der Waals surface area (Å²) in [6.45, 7) is 10.3. The predicted octanol–water partition coefficient (Wildman–Crippen LogP) is 2.68. The molecule has 3 N–H and O–H groups in total. The summed E-state index contributed by atoms with van der Waals surface area (Å²) in [6.07, 6.45) is 4.30. The third kappa shape index (κ3) is 8.28. The number of carbonyl (C=O) groups is 5. The number of imide groups is 2. The van der Waals surface area contributed by atoms with Crippen molar-refractivity contribution in [1.82, 2.24) is 20.4 Å². The molecule has 0 spiro atoms. The molecule has 1 atom stereocenters. The topological polar surface area (TPSA) is 146 Å². The number of carbonyl (C=O) groups excluding carboxylic acids is 5. The molecule has 3 aliphatic heterocycles. The van der Waals surface area contributed by atoms with Gasteiger partial charge in [-0.1, -0.05) is 6.07 Å². The standard InChI is InChI=1S/C30H43N5O7/c1-30(2,3)42-29(40)32-20-12-16-34(17-13-20)15-7-19-41-18-5-4-14-31-22-9-6-8-21-25(22)28(39)35(27(21)38)23-10-11-24(36)33-26(23)37/h6,8-9,20,23,31H,4-5,7,10-19H2,1-3H3,(H,32,40)(H,33,36,37). The van der Waals surface area contributed by atoms with Crippen molar-refractivity contribution in [3.8, 4) is 0 Å². The van der Waals surface area contributed by atoms with Crippen LogP contribution < -0.4 is 16.0 Å².